The highest BCUT2D eigenvalue weighted by Crippen LogP contribution is 2.54. The summed E-state index contributed by atoms with van der Waals surface area (Å²) in [5, 5.41) is 20.9. The molecule has 258 valence electrons. The maximum absolute atomic E-state index is 12.4. The first-order valence-electron chi connectivity index (χ1n) is 17.4. The molecule has 0 saturated carbocycles. The molecule has 5 aliphatic rings. The molecule has 5 rings (SSSR count). The zero-order valence-corrected chi connectivity index (χ0v) is 28.8. The maximum Gasteiger partial charge on any atom is 0.309 e. The first-order valence-corrected chi connectivity index (χ1v) is 17.4. The average molecular weight is 639 g/mol. The molecule has 0 amide bonds. The van der Waals surface area contributed by atoms with Gasteiger partial charge in [0.15, 0.2) is 5.79 Å². The van der Waals surface area contributed by atoms with E-state index in [1.54, 1.807) is 6.92 Å². The molecule has 0 aromatic heterocycles. The first-order chi connectivity index (χ1) is 21.1. The van der Waals surface area contributed by atoms with Gasteiger partial charge in [-0.3, -0.25) is 9.59 Å². The monoisotopic (exact) mass is 638 g/mol. The summed E-state index contributed by atoms with van der Waals surface area (Å²) in [4.78, 5) is 24.2. The molecule has 5 saturated heterocycles. The fraction of sp³-hybridized carbons (Fsp3) is 0.943. The van der Waals surface area contributed by atoms with Gasteiger partial charge in [0.2, 0.25) is 0 Å². The molecule has 2 N–H and O–H groups in total. The van der Waals surface area contributed by atoms with E-state index in [0.717, 1.165) is 38.5 Å². The van der Waals surface area contributed by atoms with E-state index < -0.39 is 47.2 Å². The van der Waals surface area contributed by atoms with Crippen LogP contribution in [0.3, 0.4) is 0 Å². The molecule has 0 bridgehead atoms. The molecule has 5 aliphatic heterocycles. The fourth-order valence-corrected chi connectivity index (χ4v) is 9.53. The second kappa shape index (κ2) is 13.0. The van der Waals surface area contributed by atoms with Gasteiger partial charge < -0.3 is 38.6 Å². The molecule has 5 fully saturated rings. The Hall–Kier alpha value is -1.30. The lowest BCUT2D eigenvalue weighted by atomic mass is 9.78. The number of carboxylic acid groups (broad SMARTS) is 1. The van der Waals surface area contributed by atoms with Gasteiger partial charge in [-0.05, 0) is 64.2 Å². The highest BCUT2D eigenvalue weighted by Gasteiger charge is 2.62. The largest absolute Gasteiger partial charge is 0.481 e. The van der Waals surface area contributed by atoms with Crippen molar-refractivity contribution in [2.24, 2.45) is 35.5 Å². The van der Waals surface area contributed by atoms with Crippen molar-refractivity contribution in [1.29, 1.82) is 0 Å². The molecular formula is C35H58O10. The molecule has 0 aromatic carbocycles. The van der Waals surface area contributed by atoms with E-state index in [0.29, 0.717) is 12.8 Å². The number of carbonyl (C=O) groups is 2. The van der Waals surface area contributed by atoms with Gasteiger partial charge in [-0.15, -0.1) is 0 Å². The van der Waals surface area contributed by atoms with E-state index in [1.165, 1.54) is 7.11 Å². The van der Waals surface area contributed by atoms with Crippen molar-refractivity contribution in [3.8, 4) is 0 Å². The molecule has 1 spiro atoms. The molecule has 6 unspecified atom stereocenters. The third-order valence-electron chi connectivity index (χ3n) is 12.4. The molecule has 0 radical (unpaired) electrons. The zero-order valence-electron chi connectivity index (χ0n) is 28.8. The second-order valence-electron chi connectivity index (χ2n) is 15.6. The molecule has 0 aliphatic carbocycles. The number of hydrogen-bond acceptors (Lipinski definition) is 9. The van der Waals surface area contributed by atoms with Gasteiger partial charge in [0.1, 0.15) is 6.10 Å². The number of carbonyl (C=O) groups excluding carboxylic acids is 1. The number of aliphatic hydroxyl groups excluding tert-OH is 1. The van der Waals surface area contributed by atoms with E-state index in [1.807, 2.05) is 20.8 Å². The Kier molecular flexibility index (Phi) is 10.1. The van der Waals surface area contributed by atoms with E-state index in [9.17, 15) is 19.8 Å². The summed E-state index contributed by atoms with van der Waals surface area (Å²) in [6.45, 7) is 16.1. The summed E-state index contributed by atoms with van der Waals surface area (Å²) in [6.07, 6.45) is 3.49. The van der Waals surface area contributed by atoms with Crippen molar-refractivity contribution in [3.05, 3.63) is 0 Å². The van der Waals surface area contributed by atoms with Gasteiger partial charge in [-0.1, -0.05) is 41.5 Å². The van der Waals surface area contributed by atoms with Crippen LogP contribution in [0.4, 0.5) is 0 Å². The summed E-state index contributed by atoms with van der Waals surface area (Å²) in [5.74, 6) is -2.82. The highest BCUT2D eigenvalue weighted by molar-refractivity contribution is 5.73. The SMILES string of the molecule is CC[C@@]1(C2OC(C3OC(=O)[C@H](C)C[C@@H]3C)C[C@@H]2C)CCC([C@]2(C)CC[C@]3(C[C@H](O)[C@@H](C)C([C@@H](C)[C@@H](OC)C(C)C(=O)O)O3)O2)O1. The Morgan fingerprint density at radius 2 is 1.78 bits per heavy atom. The van der Waals surface area contributed by atoms with Gasteiger partial charge in [-0.25, -0.2) is 0 Å². The van der Waals surface area contributed by atoms with Gasteiger partial charge in [0.05, 0.1) is 59.7 Å². The van der Waals surface area contributed by atoms with Crippen molar-refractivity contribution in [2.45, 2.75) is 166 Å². The standard InChI is InChI=1S/C35H58O10/c1-10-34(30-19(3)16-25(41-30)27-18(2)15-20(4)32(39)42-27)12-11-26(43-34)33(8)13-14-35(45-33)17-24(36)21(5)29(44-35)22(6)28(40-9)23(7)31(37)38/h18-30,36H,10-17H2,1-9H3,(H,37,38)/t18-,19-,20+,21+,22-,23?,24-,25?,26?,27?,28+,29?,30?,33-,34-,35+/m0/s1. The Labute approximate surface area is 269 Å². The van der Waals surface area contributed by atoms with E-state index in [2.05, 4.69) is 27.7 Å². The van der Waals surface area contributed by atoms with Crippen LogP contribution in [-0.2, 0) is 38.0 Å². The molecule has 10 heteroatoms. The summed E-state index contributed by atoms with van der Waals surface area (Å²) in [6, 6.07) is 0. The average Bonchev–Trinajstić information content (AvgIpc) is 3.69. The van der Waals surface area contributed by atoms with Gasteiger partial charge >= 0.3 is 11.9 Å². The van der Waals surface area contributed by atoms with Crippen LogP contribution in [0.2, 0.25) is 0 Å². The quantitative estimate of drug-likeness (QED) is 0.328. The molecule has 0 aromatic rings. The number of hydrogen-bond donors (Lipinski definition) is 2. The lowest BCUT2D eigenvalue weighted by molar-refractivity contribution is -0.335. The Bertz CT molecular complexity index is 1080. The predicted molar refractivity (Wildman–Crippen MR) is 165 cm³/mol. The van der Waals surface area contributed by atoms with Crippen molar-refractivity contribution in [3.63, 3.8) is 0 Å². The van der Waals surface area contributed by atoms with Crippen LogP contribution in [0, 0.1) is 35.5 Å². The second-order valence-corrected chi connectivity index (χ2v) is 15.6. The van der Waals surface area contributed by atoms with Crippen LogP contribution < -0.4 is 0 Å². The van der Waals surface area contributed by atoms with Gasteiger partial charge in [0, 0.05) is 31.8 Å². The van der Waals surface area contributed by atoms with E-state index in [-0.39, 0.29) is 60.0 Å². The normalized spacial score (nSPS) is 49.2. The number of ether oxygens (including phenoxy) is 6. The Balaban J connectivity index is 1.28. The van der Waals surface area contributed by atoms with E-state index >= 15 is 0 Å². The number of aliphatic hydroxyl groups is 1. The minimum absolute atomic E-state index is 0.0760. The van der Waals surface area contributed by atoms with Crippen molar-refractivity contribution < 1.29 is 48.2 Å². The van der Waals surface area contributed by atoms with Crippen LogP contribution >= 0.6 is 0 Å². The third kappa shape index (κ3) is 6.33. The molecule has 45 heavy (non-hydrogen) atoms. The van der Waals surface area contributed by atoms with Crippen LogP contribution in [0.5, 0.6) is 0 Å². The summed E-state index contributed by atoms with van der Waals surface area (Å²) in [7, 11) is 1.53. The summed E-state index contributed by atoms with van der Waals surface area (Å²) >= 11 is 0. The minimum atomic E-state index is -0.981. The Morgan fingerprint density at radius 3 is 2.42 bits per heavy atom. The highest BCUT2D eigenvalue weighted by atomic mass is 16.7. The van der Waals surface area contributed by atoms with Crippen LogP contribution in [0.1, 0.15) is 107 Å². The summed E-state index contributed by atoms with van der Waals surface area (Å²) < 4.78 is 39.1. The fourth-order valence-electron chi connectivity index (χ4n) is 9.53. The first kappa shape index (κ1) is 35.0. The number of cyclic esters (lactones) is 1. The molecule has 5 heterocycles. The number of esters is 1. The minimum Gasteiger partial charge on any atom is -0.481 e. The van der Waals surface area contributed by atoms with Crippen molar-refractivity contribution in [1.82, 2.24) is 0 Å². The van der Waals surface area contributed by atoms with Crippen molar-refractivity contribution in [2.75, 3.05) is 7.11 Å². The smallest absolute Gasteiger partial charge is 0.309 e. The number of rotatable bonds is 9. The van der Waals surface area contributed by atoms with Gasteiger partial charge in [-0.2, -0.15) is 0 Å². The topological polar surface area (TPSA) is 130 Å². The van der Waals surface area contributed by atoms with Crippen molar-refractivity contribution >= 4 is 11.9 Å². The lowest BCUT2D eigenvalue weighted by Gasteiger charge is -2.48. The maximum atomic E-state index is 12.4. The molecule has 16 atom stereocenters. The number of methoxy groups -OCH3 is 1. The van der Waals surface area contributed by atoms with Crippen LogP contribution in [-0.4, -0.2) is 89.0 Å². The van der Waals surface area contributed by atoms with Crippen LogP contribution in [0.25, 0.3) is 0 Å². The summed E-state index contributed by atoms with van der Waals surface area (Å²) in [5.41, 5.74) is -1.09. The van der Waals surface area contributed by atoms with Gasteiger partial charge in [0.25, 0.3) is 0 Å². The number of carboxylic acids is 1. The predicted octanol–water partition coefficient (Wildman–Crippen LogP) is 5.12. The molecular weight excluding hydrogens is 580 g/mol. The number of aliphatic carboxylic acids is 1. The third-order valence-corrected chi connectivity index (χ3v) is 12.4. The molecule has 10 nitrogen and oxygen atoms in total. The zero-order chi connectivity index (χ0) is 33.1. The lowest BCUT2D eigenvalue weighted by Crippen LogP contribution is -2.57. The van der Waals surface area contributed by atoms with E-state index in [4.69, 9.17) is 28.4 Å². The Morgan fingerprint density at radius 1 is 1.07 bits per heavy atom. The van der Waals surface area contributed by atoms with Crippen LogP contribution in [0.15, 0.2) is 0 Å².